The van der Waals surface area contributed by atoms with Crippen molar-refractivity contribution in [3.8, 4) is 11.5 Å². The van der Waals surface area contributed by atoms with Crippen LogP contribution in [0.5, 0.6) is 11.5 Å². The number of H-pyrrole nitrogens is 1. The number of benzene rings is 1. The molecule has 25 heavy (non-hydrogen) atoms. The Balaban J connectivity index is 2.01. The van der Waals surface area contributed by atoms with Gasteiger partial charge in [-0.3, -0.25) is 0 Å². The van der Waals surface area contributed by atoms with Gasteiger partial charge in [-0.1, -0.05) is 0 Å². The van der Waals surface area contributed by atoms with Gasteiger partial charge in [-0.25, -0.2) is 4.98 Å². The van der Waals surface area contributed by atoms with Crippen LogP contribution < -0.4 is 14.4 Å². The van der Waals surface area contributed by atoms with E-state index in [1.165, 1.54) is 0 Å². The lowest BCUT2D eigenvalue weighted by molar-refractivity contribution is 0.268. The quantitative estimate of drug-likeness (QED) is 0.669. The second-order valence-corrected chi connectivity index (χ2v) is 6.63. The lowest BCUT2D eigenvalue weighted by Crippen LogP contribution is -2.15. The first kappa shape index (κ1) is 17.4. The molecule has 0 aliphatic rings. The van der Waals surface area contributed by atoms with E-state index in [-0.39, 0.29) is 0 Å². The van der Waals surface area contributed by atoms with Crippen molar-refractivity contribution in [1.29, 1.82) is 0 Å². The van der Waals surface area contributed by atoms with Gasteiger partial charge in [-0.15, -0.1) is 0 Å². The molecule has 0 amide bonds. The van der Waals surface area contributed by atoms with E-state index in [4.69, 9.17) is 9.47 Å². The standard InChI is InChI=1S/C19H26N4O2/c1-22(2)9-6-10-25-17-12-15-13(11-16(17)24-5)18-14(21-15)7-8-20-19(18)23(3)4/h7-8,11-12,21H,6,9-10H2,1-5H3. The molecular formula is C19H26N4O2. The fraction of sp³-hybridized carbons (Fsp3) is 0.421. The van der Waals surface area contributed by atoms with Crippen LogP contribution in [0.25, 0.3) is 21.8 Å². The normalized spacial score (nSPS) is 11.4. The summed E-state index contributed by atoms with van der Waals surface area (Å²) in [6, 6.07) is 6.04. The zero-order valence-corrected chi connectivity index (χ0v) is 15.6. The number of ether oxygens (including phenoxy) is 2. The number of hydrogen-bond donors (Lipinski definition) is 1. The Labute approximate surface area is 148 Å². The third-order valence-corrected chi connectivity index (χ3v) is 4.20. The number of anilines is 1. The monoisotopic (exact) mass is 342 g/mol. The summed E-state index contributed by atoms with van der Waals surface area (Å²) in [6.07, 6.45) is 2.79. The van der Waals surface area contributed by atoms with Gasteiger partial charge in [0.15, 0.2) is 11.5 Å². The molecule has 0 atom stereocenters. The lowest BCUT2D eigenvalue weighted by Gasteiger charge is -2.14. The van der Waals surface area contributed by atoms with Crippen molar-refractivity contribution in [3.05, 3.63) is 24.4 Å². The lowest BCUT2D eigenvalue weighted by atomic mass is 10.1. The highest BCUT2D eigenvalue weighted by atomic mass is 16.5. The van der Waals surface area contributed by atoms with Gasteiger partial charge in [0.05, 0.1) is 30.1 Å². The van der Waals surface area contributed by atoms with Crippen molar-refractivity contribution >= 4 is 27.6 Å². The van der Waals surface area contributed by atoms with E-state index in [9.17, 15) is 0 Å². The topological polar surface area (TPSA) is 53.6 Å². The fourth-order valence-electron chi connectivity index (χ4n) is 3.01. The number of nitrogens with zero attached hydrogens (tertiary/aromatic N) is 3. The Morgan fingerprint density at radius 1 is 1.08 bits per heavy atom. The zero-order valence-electron chi connectivity index (χ0n) is 15.6. The number of aromatic nitrogens is 2. The molecule has 0 aliphatic heterocycles. The van der Waals surface area contributed by atoms with Gasteiger partial charge in [0.1, 0.15) is 5.82 Å². The van der Waals surface area contributed by atoms with Crippen LogP contribution in [0.1, 0.15) is 6.42 Å². The minimum absolute atomic E-state index is 0.658. The van der Waals surface area contributed by atoms with Crippen LogP contribution in [-0.4, -0.2) is 63.3 Å². The third-order valence-electron chi connectivity index (χ3n) is 4.20. The average molecular weight is 342 g/mol. The molecule has 1 aromatic carbocycles. The summed E-state index contributed by atoms with van der Waals surface area (Å²) >= 11 is 0. The summed E-state index contributed by atoms with van der Waals surface area (Å²) < 4.78 is 11.5. The van der Waals surface area contributed by atoms with Crippen LogP contribution >= 0.6 is 0 Å². The molecule has 0 saturated carbocycles. The van der Waals surface area contributed by atoms with Crippen molar-refractivity contribution in [2.75, 3.05) is 53.4 Å². The molecule has 1 N–H and O–H groups in total. The van der Waals surface area contributed by atoms with Gasteiger partial charge in [-0.05, 0) is 32.6 Å². The van der Waals surface area contributed by atoms with Crippen LogP contribution in [0.2, 0.25) is 0 Å². The summed E-state index contributed by atoms with van der Waals surface area (Å²) in [6.45, 7) is 1.65. The fourth-order valence-corrected chi connectivity index (χ4v) is 3.01. The molecule has 6 heteroatoms. The number of hydrogen-bond acceptors (Lipinski definition) is 5. The second kappa shape index (κ2) is 7.19. The van der Waals surface area contributed by atoms with Crippen molar-refractivity contribution in [2.24, 2.45) is 0 Å². The number of rotatable bonds is 7. The Kier molecular flexibility index (Phi) is 4.99. The first-order valence-corrected chi connectivity index (χ1v) is 8.44. The Morgan fingerprint density at radius 2 is 1.88 bits per heavy atom. The Morgan fingerprint density at radius 3 is 2.56 bits per heavy atom. The van der Waals surface area contributed by atoms with Gasteiger partial charge in [0.2, 0.25) is 0 Å². The SMILES string of the molecule is COc1cc2c(cc1OCCCN(C)C)[nH]c1ccnc(N(C)C)c12. The molecule has 2 aromatic heterocycles. The van der Waals surface area contributed by atoms with Crippen molar-refractivity contribution in [2.45, 2.75) is 6.42 Å². The van der Waals surface area contributed by atoms with Crippen LogP contribution in [-0.2, 0) is 0 Å². The van der Waals surface area contributed by atoms with Gasteiger partial charge >= 0.3 is 0 Å². The molecule has 0 bridgehead atoms. The van der Waals surface area contributed by atoms with E-state index in [0.717, 1.165) is 52.1 Å². The van der Waals surface area contributed by atoms with Crippen molar-refractivity contribution in [1.82, 2.24) is 14.9 Å². The van der Waals surface area contributed by atoms with E-state index in [1.54, 1.807) is 7.11 Å². The molecule has 0 saturated heterocycles. The molecular weight excluding hydrogens is 316 g/mol. The average Bonchev–Trinajstić information content (AvgIpc) is 2.94. The number of methoxy groups -OCH3 is 1. The summed E-state index contributed by atoms with van der Waals surface area (Å²) in [5, 5.41) is 2.18. The zero-order chi connectivity index (χ0) is 18.0. The van der Waals surface area contributed by atoms with Crippen LogP contribution in [0.3, 0.4) is 0 Å². The van der Waals surface area contributed by atoms with Crippen LogP contribution in [0.15, 0.2) is 24.4 Å². The van der Waals surface area contributed by atoms with Crippen molar-refractivity contribution < 1.29 is 9.47 Å². The summed E-state index contributed by atoms with van der Waals surface area (Å²) in [5.41, 5.74) is 2.08. The molecule has 0 aliphatic carbocycles. The highest BCUT2D eigenvalue weighted by Gasteiger charge is 2.15. The summed E-state index contributed by atoms with van der Waals surface area (Å²) in [7, 11) is 9.80. The third kappa shape index (κ3) is 3.49. The number of aromatic amines is 1. The molecule has 0 fully saturated rings. The minimum Gasteiger partial charge on any atom is -0.493 e. The first-order chi connectivity index (χ1) is 12.0. The summed E-state index contributed by atoms with van der Waals surface area (Å²) in [4.78, 5) is 12.1. The molecule has 3 aromatic rings. The molecule has 134 valence electrons. The number of fused-ring (bicyclic) bond motifs is 3. The first-order valence-electron chi connectivity index (χ1n) is 8.44. The molecule has 0 radical (unpaired) electrons. The molecule has 6 nitrogen and oxygen atoms in total. The number of nitrogens with one attached hydrogen (secondary N) is 1. The summed E-state index contributed by atoms with van der Waals surface area (Å²) in [5.74, 6) is 2.44. The highest BCUT2D eigenvalue weighted by Crippen LogP contribution is 2.38. The smallest absolute Gasteiger partial charge is 0.163 e. The van der Waals surface area contributed by atoms with Gasteiger partial charge < -0.3 is 24.3 Å². The molecule has 3 rings (SSSR count). The largest absolute Gasteiger partial charge is 0.493 e. The Bertz CT molecular complexity index is 871. The van der Waals surface area contributed by atoms with Gasteiger partial charge in [0, 0.05) is 38.3 Å². The maximum absolute atomic E-state index is 5.96. The number of pyridine rings is 1. The predicted molar refractivity (Wildman–Crippen MR) is 103 cm³/mol. The van der Waals surface area contributed by atoms with Gasteiger partial charge in [-0.2, -0.15) is 0 Å². The van der Waals surface area contributed by atoms with Crippen LogP contribution in [0, 0.1) is 0 Å². The van der Waals surface area contributed by atoms with E-state index in [2.05, 4.69) is 29.0 Å². The van der Waals surface area contributed by atoms with Gasteiger partial charge in [0.25, 0.3) is 0 Å². The maximum Gasteiger partial charge on any atom is 0.163 e. The van der Waals surface area contributed by atoms with E-state index in [1.807, 2.05) is 43.4 Å². The van der Waals surface area contributed by atoms with E-state index >= 15 is 0 Å². The predicted octanol–water partition coefficient (Wildman–Crippen LogP) is 3.12. The second-order valence-electron chi connectivity index (χ2n) is 6.63. The van der Waals surface area contributed by atoms with Crippen LogP contribution in [0.4, 0.5) is 5.82 Å². The van der Waals surface area contributed by atoms with E-state index in [0.29, 0.717) is 6.61 Å². The maximum atomic E-state index is 5.96. The highest BCUT2D eigenvalue weighted by molar-refractivity contribution is 6.13. The molecule has 2 heterocycles. The van der Waals surface area contributed by atoms with E-state index < -0.39 is 0 Å². The minimum atomic E-state index is 0.658. The van der Waals surface area contributed by atoms with Crippen molar-refractivity contribution in [3.63, 3.8) is 0 Å². The molecule has 0 unspecified atom stereocenters. The molecule has 0 spiro atoms. The Hall–Kier alpha value is -2.47.